The summed E-state index contributed by atoms with van der Waals surface area (Å²) in [4.78, 5) is 11.7. The van der Waals surface area contributed by atoms with Crippen molar-refractivity contribution in [3.63, 3.8) is 0 Å². The Kier molecular flexibility index (Phi) is 7.03. The topological polar surface area (TPSA) is 38.3 Å². The summed E-state index contributed by atoms with van der Waals surface area (Å²) < 4.78 is 18.7. The second kappa shape index (κ2) is 9.05. The largest absolute Gasteiger partial charge is 0.381 e. The van der Waals surface area contributed by atoms with Gasteiger partial charge in [0.2, 0.25) is 5.91 Å². The van der Waals surface area contributed by atoms with Crippen LogP contribution in [0.5, 0.6) is 0 Å². The summed E-state index contributed by atoms with van der Waals surface area (Å²) in [6.45, 7) is 2.39. The molecule has 1 aromatic carbocycles. The van der Waals surface area contributed by atoms with Gasteiger partial charge in [0.1, 0.15) is 5.82 Å². The van der Waals surface area contributed by atoms with Crippen molar-refractivity contribution in [2.24, 2.45) is 0 Å². The maximum Gasteiger partial charge on any atom is 0.220 e. The highest BCUT2D eigenvalue weighted by Crippen LogP contribution is 2.21. The molecule has 0 aliphatic carbocycles. The van der Waals surface area contributed by atoms with Gasteiger partial charge in [0.05, 0.1) is 0 Å². The van der Waals surface area contributed by atoms with E-state index in [-0.39, 0.29) is 11.7 Å². The summed E-state index contributed by atoms with van der Waals surface area (Å²) in [6, 6.07) is 6.61. The Bertz CT molecular complexity index is 450. The van der Waals surface area contributed by atoms with Crippen molar-refractivity contribution in [2.75, 3.05) is 25.5 Å². The monoisotopic (exact) mass is 311 g/mol. The summed E-state index contributed by atoms with van der Waals surface area (Å²) in [5, 5.41) is 3.56. The van der Waals surface area contributed by atoms with E-state index in [0.717, 1.165) is 31.8 Å². The number of ether oxygens (including phenoxy) is 1. The van der Waals surface area contributed by atoms with E-state index >= 15 is 0 Å². The minimum Gasteiger partial charge on any atom is -0.381 e. The molecule has 1 aliphatic heterocycles. The van der Waals surface area contributed by atoms with Gasteiger partial charge < -0.3 is 10.1 Å². The lowest BCUT2D eigenvalue weighted by Gasteiger charge is -2.21. The number of carbonyl (C=O) groups excluding carboxylic acids is 1. The normalized spacial score (nSPS) is 15.9. The summed E-state index contributed by atoms with van der Waals surface area (Å²) in [5.74, 6) is 0.682. The molecule has 1 aromatic rings. The molecule has 21 heavy (non-hydrogen) atoms. The third kappa shape index (κ3) is 6.06. The van der Waals surface area contributed by atoms with Gasteiger partial charge >= 0.3 is 0 Å². The fourth-order valence-electron chi connectivity index (χ4n) is 2.30. The van der Waals surface area contributed by atoms with E-state index < -0.39 is 0 Å². The number of hydrogen-bond acceptors (Lipinski definition) is 3. The zero-order valence-corrected chi connectivity index (χ0v) is 13.0. The van der Waals surface area contributed by atoms with Crippen LogP contribution in [-0.2, 0) is 16.0 Å². The van der Waals surface area contributed by atoms with E-state index in [1.807, 2.05) is 11.8 Å². The number of amides is 1. The van der Waals surface area contributed by atoms with Crippen LogP contribution in [-0.4, -0.2) is 36.7 Å². The van der Waals surface area contributed by atoms with Gasteiger partial charge in [-0.3, -0.25) is 4.79 Å². The van der Waals surface area contributed by atoms with E-state index in [2.05, 4.69) is 5.32 Å². The highest BCUT2D eigenvalue weighted by atomic mass is 32.2. The fraction of sp³-hybridized carbons (Fsp3) is 0.562. The van der Waals surface area contributed by atoms with Crippen LogP contribution in [0.1, 0.15) is 24.8 Å². The Morgan fingerprint density at radius 2 is 2.10 bits per heavy atom. The van der Waals surface area contributed by atoms with Crippen LogP contribution >= 0.6 is 11.8 Å². The molecule has 2 rings (SSSR count). The average Bonchev–Trinajstić information content (AvgIpc) is 2.52. The zero-order valence-electron chi connectivity index (χ0n) is 12.1. The summed E-state index contributed by atoms with van der Waals surface area (Å²) in [7, 11) is 0. The van der Waals surface area contributed by atoms with Crippen LogP contribution in [0, 0.1) is 5.82 Å². The quantitative estimate of drug-likeness (QED) is 0.787. The van der Waals surface area contributed by atoms with Crippen LogP contribution in [0.15, 0.2) is 24.3 Å². The van der Waals surface area contributed by atoms with Gasteiger partial charge in [0, 0.05) is 37.2 Å². The molecule has 5 heteroatoms. The third-order valence-electron chi connectivity index (χ3n) is 3.53. The number of carbonyl (C=O) groups is 1. The Labute approximate surface area is 129 Å². The lowest BCUT2D eigenvalue weighted by Crippen LogP contribution is -2.27. The first kappa shape index (κ1) is 16.3. The Morgan fingerprint density at radius 3 is 2.86 bits per heavy atom. The Hall–Kier alpha value is -1.07. The van der Waals surface area contributed by atoms with Crippen molar-refractivity contribution in [1.29, 1.82) is 0 Å². The van der Waals surface area contributed by atoms with Crippen molar-refractivity contribution in [3.05, 3.63) is 35.6 Å². The molecule has 0 unspecified atom stereocenters. The first-order valence-electron chi connectivity index (χ1n) is 7.45. The molecule has 1 saturated heterocycles. The maximum atomic E-state index is 13.4. The molecule has 116 valence electrons. The molecular formula is C16H22FNO2S. The molecular weight excluding hydrogens is 289 g/mol. The minimum atomic E-state index is -0.236. The highest BCUT2D eigenvalue weighted by Gasteiger charge is 2.13. The van der Waals surface area contributed by atoms with Crippen molar-refractivity contribution in [2.45, 2.75) is 30.9 Å². The summed E-state index contributed by atoms with van der Waals surface area (Å²) in [5.41, 5.74) is 0.601. The number of hydrogen-bond donors (Lipinski definition) is 1. The van der Waals surface area contributed by atoms with E-state index in [0.29, 0.717) is 30.2 Å². The predicted molar refractivity (Wildman–Crippen MR) is 84.0 cm³/mol. The minimum absolute atomic E-state index is 0.00849. The van der Waals surface area contributed by atoms with Gasteiger partial charge in [-0.25, -0.2) is 4.39 Å². The van der Waals surface area contributed by atoms with Crippen molar-refractivity contribution in [1.82, 2.24) is 5.32 Å². The number of benzene rings is 1. The summed E-state index contributed by atoms with van der Waals surface area (Å²) >= 11 is 1.90. The third-order valence-corrected chi connectivity index (χ3v) is 4.91. The molecule has 1 amide bonds. The SMILES string of the molecule is O=C(CCc1ccccc1F)NCCSC1CCOCC1. The van der Waals surface area contributed by atoms with Gasteiger partial charge in [-0.2, -0.15) is 11.8 Å². The molecule has 0 radical (unpaired) electrons. The first-order chi connectivity index (χ1) is 10.3. The van der Waals surface area contributed by atoms with Gasteiger partial charge in [-0.05, 0) is 30.9 Å². The van der Waals surface area contributed by atoms with Crippen molar-refractivity contribution >= 4 is 17.7 Å². The highest BCUT2D eigenvalue weighted by molar-refractivity contribution is 7.99. The lowest BCUT2D eigenvalue weighted by atomic mass is 10.1. The number of nitrogens with one attached hydrogen (secondary N) is 1. The maximum absolute atomic E-state index is 13.4. The van der Waals surface area contributed by atoms with Gasteiger partial charge in [-0.1, -0.05) is 18.2 Å². The number of thioether (sulfide) groups is 1. The molecule has 0 saturated carbocycles. The Morgan fingerprint density at radius 1 is 1.33 bits per heavy atom. The van der Waals surface area contributed by atoms with E-state index in [9.17, 15) is 9.18 Å². The number of rotatable bonds is 7. The molecule has 3 nitrogen and oxygen atoms in total. The zero-order chi connectivity index (χ0) is 14.9. The molecule has 0 bridgehead atoms. The molecule has 0 atom stereocenters. The van der Waals surface area contributed by atoms with Crippen LogP contribution in [0.2, 0.25) is 0 Å². The average molecular weight is 311 g/mol. The van der Waals surface area contributed by atoms with Gasteiger partial charge in [0.15, 0.2) is 0 Å². The molecule has 1 aliphatic rings. The van der Waals surface area contributed by atoms with E-state index in [1.165, 1.54) is 6.07 Å². The second-order valence-corrected chi connectivity index (χ2v) is 6.53. The predicted octanol–water partition coefficient (Wildman–Crippen LogP) is 2.79. The second-order valence-electron chi connectivity index (χ2n) is 5.12. The molecule has 0 aromatic heterocycles. The fourth-order valence-corrected chi connectivity index (χ4v) is 3.38. The van der Waals surface area contributed by atoms with Gasteiger partial charge in [0.25, 0.3) is 0 Å². The lowest BCUT2D eigenvalue weighted by molar-refractivity contribution is -0.120. The van der Waals surface area contributed by atoms with Crippen LogP contribution in [0.25, 0.3) is 0 Å². The molecule has 1 heterocycles. The van der Waals surface area contributed by atoms with Crippen molar-refractivity contribution < 1.29 is 13.9 Å². The van der Waals surface area contributed by atoms with Crippen molar-refractivity contribution in [3.8, 4) is 0 Å². The van der Waals surface area contributed by atoms with E-state index in [1.54, 1.807) is 18.2 Å². The number of aryl methyl sites for hydroxylation is 1. The molecule has 1 fully saturated rings. The molecule has 0 spiro atoms. The van der Waals surface area contributed by atoms with Crippen LogP contribution < -0.4 is 5.32 Å². The smallest absolute Gasteiger partial charge is 0.220 e. The standard InChI is InChI=1S/C16H22FNO2S/c17-15-4-2-1-3-13(15)5-6-16(19)18-9-12-21-14-7-10-20-11-8-14/h1-4,14H,5-12H2,(H,18,19). The molecule has 1 N–H and O–H groups in total. The number of halogens is 1. The summed E-state index contributed by atoms with van der Waals surface area (Å²) in [6.07, 6.45) is 2.99. The van der Waals surface area contributed by atoms with Crippen LogP contribution in [0.3, 0.4) is 0 Å². The van der Waals surface area contributed by atoms with E-state index in [4.69, 9.17) is 4.74 Å². The van der Waals surface area contributed by atoms with Gasteiger partial charge in [-0.15, -0.1) is 0 Å². The Balaban J connectivity index is 1.56. The van der Waals surface area contributed by atoms with Crippen LogP contribution in [0.4, 0.5) is 4.39 Å². The first-order valence-corrected chi connectivity index (χ1v) is 8.50.